The zero-order chi connectivity index (χ0) is 16.9. The summed E-state index contributed by atoms with van der Waals surface area (Å²) >= 11 is 5.99. The van der Waals surface area contributed by atoms with Gasteiger partial charge in [-0.05, 0) is 24.6 Å². The maximum absolute atomic E-state index is 9.84. The molecule has 0 saturated carbocycles. The van der Waals surface area contributed by atoms with Crippen molar-refractivity contribution in [1.29, 1.82) is 0 Å². The molecule has 2 N–H and O–H groups in total. The van der Waals surface area contributed by atoms with Gasteiger partial charge in [0.15, 0.2) is 17.3 Å². The number of phenolic OH excluding ortho intramolecular Hbond substituents is 1. The molecule has 122 valence electrons. The predicted molar refractivity (Wildman–Crippen MR) is 95.0 cm³/mol. The zero-order valence-electron chi connectivity index (χ0n) is 12.9. The summed E-state index contributed by atoms with van der Waals surface area (Å²) in [5.41, 5.74) is 3.55. The van der Waals surface area contributed by atoms with Gasteiger partial charge in [0.25, 0.3) is 0 Å². The molecule has 0 bridgehead atoms. The second kappa shape index (κ2) is 7.14. The normalized spacial score (nSPS) is 11.1. The van der Waals surface area contributed by atoms with Gasteiger partial charge in [-0.15, -0.1) is 5.10 Å². The van der Waals surface area contributed by atoms with Gasteiger partial charge in [-0.3, -0.25) is 5.43 Å². The molecule has 0 radical (unpaired) electrons. The molecule has 0 fully saturated rings. The van der Waals surface area contributed by atoms with Gasteiger partial charge in [0.2, 0.25) is 0 Å². The number of phenols is 1. The number of ether oxygens (including phenoxy) is 1. The number of nitrogens with zero attached hydrogens (tertiary/aromatic N) is 3. The van der Waals surface area contributed by atoms with E-state index in [4.69, 9.17) is 16.3 Å². The molecule has 24 heavy (non-hydrogen) atoms. The average Bonchev–Trinajstić information content (AvgIpc) is 2.59. The Hall–Kier alpha value is -2.86. The molecule has 0 saturated heterocycles. The molecule has 3 aromatic rings. The van der Waals surface area contributed by atoms with Crippen LogP contribution in [0.1, 0.15) is 12.5 Å². The topological polar surface area (TPSA) is 79.6 Å². The van der Waals surface area contributed by atoms with Gasteiger partial charge in [0.05, 0.1) is 24.0 Å². The largest absolute Gasteiger partial charge is 0.503 e. The fourth-order valence-electron chi connectivity index (χ4n) is 2.21. The van der Waals surface area contributed by atoms with E-state index in [1.807, 2.05) is 31.2 Å². The molecular weight excluding hydrogens is 328 g/mol. The monoisotopic (exact) mass is 342 g/mol. The molecule has 0 unspecified atom stereocenters. The first-order valence-corrected chi connectivity index (χ1v) is 7.71. The maximum atomic E-state index is 9.84. The van der Waals surface area contributed by atoms with E-state index in [0.717, 1.165) is 10.8 Å². The van der Waals surface area contributed by atoms with E-state index < -0.39 is 0 Å². The van der Waals surface area contributed by atoms with Gasteiger partial charge < -0.3 is 9.84 Å². The molecule has 0 spiro atoms. The lowest BCUT2D eigenvalue weighted by atomic mass is 10.2. The fraction of sp³-hybridized carbons (Fsp3) is 0.118. The highest BCUT2D eigenvalue weighted by Gasteiger charge is 2.08. The van der Waals surface area contributed by atoms with Crippen molar-refractivity contribution in [2.24, 2.45) is 5.10 Å². The Morgan fingerprint density at radius 1 is 1.33 bits per heavy atom. The molecule has 2 aromatic carbocycles. The molecule has 7 heteroatoms. The van der Waals surface area contributed by atoms with Crippen LogP contribution in [0.15, 0.2) is 47.7 Å². The Labute approximate surface area is 143 Å². The van der Waals surface area contributed by atoms with E-state index in [2.05, 4.69) is 20.7 Å². The van der Waals surface area contributed by atoms with Gasteiger partial charge in [-0.25, -0.2) is 0 Å². The predicted octanol–water partition coefficient (Wildman–Crippen LogP) is 3.83. The summed E-state index contributed by atoms with van der Waals surface area (Å²) in [4.78, 5) is 0. The number of rotatable bonds is 5. The summed E-state index contributed by atoms with van der Waals surface area (Å²) in [6, 6.07) is 11.0. The summed E-state index contributed by atoms with van der Waals surface area (Å²) in [6.07, 6.45) is 3.26. The molecule has 0 aliphatic rings. The van der Waals surface area contributed by atoms with Crippen LogP contribution in [0.4, 0.5) is 5.82 Å². The van der Waals surface area contributed by atoms with Crippen molar-refractivity contribution in [3.63, 3.8) is 0 Å². The number of benzene rings is 2. The highest BCUT2D eigenvalue weighted by molar-refractivity contribution is 6.32. The number of hydrazone groups is 1. The molecule has 0 aliphatic carbocycles. The van der Waals surface area contributed by atoms with Crippen molar-refractivity contribution in [2.75, 3.05) is 12.0 Å². The van der Waals surface area contributed by atoms with Gasteiger partial charge in [-0.2, -0.15) is 10.2 Å². The first-order chi connectivity index (χ1) is 11.7. The number of halogens is 1. The van der Waals surface area contributed by atoms with Crippen LogP contribution in [0.5, 0.6) is 11.5 Å². The fourth-order valence-corrected chi connectivity index (χ4v) is 2.43. The summed E-state index contributed by atoms with van der Waals surface area (Å²) < 4.78 is 5.34. The second-order valence-electron chi connectivity index (χ2n) is 4.93. The number of aromatic hydroxyl groups is 1. The van der Waals surface area contributed by atoms with Gasteiger partial charge in [-0.1, -0.05) is 35.9 Å². The van der Waals surface area contributed by atoms with Crippen molar-refractivity contribution in [3.05, 3.63) is 53.2 Å². The quantitative estimate of drug-likeness (QED) is 0.544. The average molecular weight is 343 g/mol. The molecule has 0 amide bonds. The lowest BCUT2D eigenvalue weighted by molar-refractivity contribution is 0.318. The van der Waals surface area contributed by atoms with E-state index in [-0.39, 0.29) is 10.8 Å². The van der Waals surface area contributed by atoms with Crippen LogP contribution >= 0.6 is 11.6 Å². The Kier molecular flexibility index (Phi) is 4.77. The van der Waals surface area contributed by atoms with Crippen LogP contribution < -0.4 is 10.2 Å². The number of hydrogen-bond donors (Lipinski definition) is 2. The SMILES string of the molecule is CCOc1cc(/C=N/Nc2nncc3ccccc23)cc(Cl)c1O. The van der Waals surface area contributed by atoms with Crippen LogP contribution in [-0.2, 0) is 0 Å². The van der Waals surface area contributed by atoms with Crippen LogP contribution in [-0.4, -0.2) is 28.1 Å². The number of hydrogen-bond acceptors (Lipinski definition) is 6. The summed E-state index contributed by atoms with van der Waals surface area (Å²) in [5, 5.41) is 24.1. The highest BCUT2D eigenvalue weighted by Crippen LogP contribution is 2.34. The van der Waals surface area contributed by atoms with Crippen LogP contribution in [0.25, 0.3) is 10.8 Å². The van der Waals surface area contributed by atoms with E-state index in [1.54, 1.807) is 24.5 Å². The van der Waals surface area contributed by atoms with Crippen molar-refractivity contribution >= 4 is 34.4 Å². The minimum absolute atomic E-state index is 0.0801. The third kappa shape index (κ3) is 3.38. The smallest absolute Gasteiger partial charge is 0.176 e. The highest BCUT2D eigenvalue weighted by atomic mass is 35.5. The van der Waals surface area contributed by atoms with Crippen molar-refractivity contribution in [1.82, 2.24) is 10.2 Å². The Morgan fingerprint density at radius 2 is 2.17 bits per heavy atom. The van der Waals surface area contributed by atoms with E-state index in [9.17, 15) is 5.11 Å². The molecule has 0 atom stereocenters. The zero-order valence-corrected chi connectivity index (χ0v) is 13.7. The minimum Gasteiger partial charge on any atom is -0.503 e. The van der Waals surface area contributed by atoms with Crippen molar-refractivity contribution in [3.8, 4) is 11.5 Å². The standard InChI is InChI=1S/C17H15ClN4O2/c1-2-24-15-8-11(7-14(18)16(15)23)9-19-21-17-13-6-4-3-5-12(13)10-20-22-17/h3-10,23H,2H2,1H3,(H,21,22)/b19-9+. The Morgan fingerprint density at radius 3 is 3.00 bits per heavy atom. The van der Waals surface area contributed by atoms with Gasteiger partial charge >= 0.3 is 0 Å². The summed E-state index contributed by atoms with van der Waals surface area (Å²) in [6.45, 7) is 2.25. The third-order valence-electron chi connectivity index (χ3n) is 3.31. The number of anilines is 1. The molecule has 1 heterocycles. The molecular formula is C17H15ClN4O2. The van der Waals surface area contributed by atoms with Crippen molar-refractivity contribution in [2.45, 2.75) is 6.92 Å². The lowest BCUT2D eigenvalue weighted by Crippen LogP contribution is -1.97. The lowest BCUT2D eigenvalue weighted by Gasteiger charge is -2.08. The van der Waals surface area contributed by atoms with Gasteiger partial charge in [0.1, 0.15) is 0 Å². The number of aromatic nitrogens is 2. The first-order valence-electron chi connectivity index (χ1n) is 7.34. The van der Waals surface area contributed by atoms with Crippen LogP contribution in [0, 0.1) is 0 Å². The minimum atomic E-state index is -0.0801. The Bertz CT molecular complexity index is 894. The first kappa shape index (κ1) is 16.0. The summed E-state index contributed by atoms with van der Waals surface area (Å²) in [7, 11) is 0. The van der Waals surface area contributed by atoms with Crippen LogP contribution in [0.3, 0.4) is 0 Å². The molecule has 1 aromatic heterocycles. The Balaban J connectivity index is 1.83. The number of fused-ring (bicyclic) bond motifs is 1. The molecule has 3 rings (SSSR count). The van der Waals surface area contributed by atoms with E-state index >= 15 is 0 Å². The van der Waals surface area contributed by atoms with Gasteiger partial charge in [0, 0.05) is 10.8 Å². The third-order valence-corrected chi connectivity index (χ3v) is 3.59. The maximum Gasteiger partial charge on any atom is 0.176 e. The summed E-state index contributed by atoms with van der Waals surface area (Å²) in [5.74, 6) is 0.791. The van der Waals surface area contributed by atoms with Crippen molar-refractivity contribution < 1.29 is 9.84 Å². The van der Waals surface area contributed by atoms with E-state index in [1.165, 1.54) is 0 Å². The van der Waals surface area contributed by atoms with E-state index in [0.29, 0.717) is 23.7 Å². The number of nitrogens with one attached hydrogen (secondary N) is 1. The van der Waals surface area contributed by atoms with Crippen LogP contribution in [0.2, 0.25) is 5.02 Å². The molecule has 0 aliphatic heterocycles. The second-order valence-corrected chi connectivity index (χ2v) is 5.34. The molecule has 6 nitrogen and oxygen atoms in total.